The van der Waals surface area contributed by atoms with Crippen molar-refractivity contribution < 1.29 is 4.21 Å². The number of rotatable bonds is 2. The highest BCUT2D eigenvalue weighted by Crippen LogP contribution is 2.39. The molecule has 1 aliphatic heterocycles. The number of hydrogen-bond acceptors (Lipinski definition) is 2. The third-order valence-corrected chi connectivity index (χ3v) is 6.47. The van der Waals surface area contributed by atoms with Crippen molar-refractivity contribution >= 4 is 10.8 Å². The monoisotopic (exact) mass is 275 g/mol. The first-order valence-electron chi connectivity index (χ1n) is 7.54. The highest BCUT2D eigenvalue weighted by Gasteiger charge is 2.34. The van der Waals surface area contributed by atoms with Crippen molar-refractivity contribution in [1.29, 1.82) is 0 Å². The molecule has 1 heterocycles. The normalized spacial score (nSPS) is 33.0. The minimum Gasteiger partial charge on any atom is -0.307 e. The van der Waals surface area contributed by atoms with Gasteiger partial charge in [0.15, 0.2) is 0 Å². The van der Waals surface area contributed by atoms with Crippen LogP contribution >= 0.6 is 0 Å². The van der Waals surface area contributed by atoms with Crippen LogP contribution in [0.25, 0.3) is 0 Å². The number of nitrogens with one attached hydrogen (secondary N) is 1. The molecule has 0 saturated heterocycles. The second kappa shape index (κ2) is 4.42. The standard InChI is InChI=1S/C16H21NOS/c1-10-7-15(17-13-5-6-13)14-8-11-3-2-4-12(11)9-16(14)19(10)18/h8-10,13,15,17H,2-7H2,1H3. The SMILES string of the molecule is CC1CC(NC2CC2)c2cc3c(cc2S1=O)CCC3. The summed E-state index contributed by atoms with van der Waals surface area (Å²) in [5, 5.41) is 4.04. The first-order valence-corrected chi connectivity index (χ1v) is 8.76. The summed E-state index contributed by atoms with van der Waals surface area (Å²) in [7, 11) is -0.807. The fourth-order valence-electron chi connectivity index (χ4n) is 3.52. The molecule has 0 radical (unpaired) electrons. The Labute approximate surface area is 117 Å². The molecule has 1 fully saturated rings. The Kier molecular flexibility index (Phi) is 2.82. The zero-order valence-electron chi connectivity index (χ0n) is 11.4. The molecule has 0 spiro atoms. The minimum atomic E-state index is -0.807. The molecule has 0 aromatic heterocycles. The quantitative estimate of drug-likeness (QED) is 0.899. The average molecular weight is 275 g/mol. The lowest BCUT2D eigenvalue weighted by Gasteiger charge is -2.30. The highest BCUT2D eigenvalue weighted by atomic mass is 32.2. The maximum Gasteiger partial charge on any atom is 0.0562 e. The lowest BCUT2D eigenvalue weighted by Crippen LogP contribution is -2.33. The van der Waals surface area contributed by atoms with Gasteiger partial charge in [0.1, 0.15) is 0 Å². The molecule has 1 aromatic rings. The predicted molar refractivity (Wildman–Crippen MR) is 77.9 cm³/mol. The first-order chi connectivity index (χ1) is 9.22. The van der Waals surface area contributed by atoms with Gasteiger partial charge in [-0.3, -0.25) is 4.21 Å². The van der Waals surface area contributed by atoms with E-state index in [9.17, 15) is 4.21 Å². The van der Waals surface area contributed by atoms with Crippen molar-refractivity contribution in [2.75, 3.05) is 0 Å². The summed E-state index contributed by atoms with van der Waals surface area (Å²) in [5.74, 6) is 0. The van der Waals surface area contributed by atoms with Crippen LogP contribution in [0.4, 0.5) is 0 Å². The van der Waals surface area contributed by atoms with E-state index < -0.39 is 10.8 Å². The number of benzene rings is 1. The predicted octanol–water partition coefficient (Wildman–Crippen LogP) is 2.87. The Morgan fingerprint density at radius 3 is 2.68 bits per heavy atom. The van der Waals surface area contributed by atoms with Crippen molar-refractivity contribution in [1.82, 2.24) is 5.32 Å². The molecule has 19 heavy (non-hydrogen) atoms. The maximum atomic E-state index is 12.5. The van der Waals surface area contributed by atoms with Crippen LogP contribution in [0.1, 0.15) is 55.3 Å². The molecule has 1 N–H and O–H groups in total. The van der Waals surface area contributed by atoms with E-state index in [0.29, 0.717) is 12.1 Å². The molecule has 102 valence electrons. The molecule has 2 aliphatic carbocycles. The van der Waals surface area contributed by atoms with Crippen LogP contribution in [0.3, 0.4) is 0 Å². The lowest BCUT2D eigenvalue weighted by atomic mass is 9.97. The second-order valence-electron chi connectivity index (χ2n) is 6.35. The van der Waals surface area contributed by atoms with Crippen LogP contribution in [0.5, 0.6) is 0 Å². The fourth-order valence-corrected chi connectivity index (χ4v) is 5.02. The van der Waals surface area contributed by atoms with E-state index in [2.05, 4.69) is 24.4 Å². The van der Waals surface area contributed by atoms with Gasteiger partial charge in [0, 0.05) is 22.2 Å². The summed E-state index contributed by atoms with van der Waals surface area (Å²) < 4.78 is 12.5. The van der Waals surface area contributed by atoms with Crippen LogP contribution in [0, 0.1) is 0 Å². The zero-order valence-corrected chi connectivity index (χ0v) is 12.3. The minimum absolute atomic E-state index is 0.281. The Hall–Kier alpha value is -0.670. The van der Waals surface area contributed by atoms with Gasteiger partial charge in [-0.05, 0) is 61.3 Å². The number of aryl methyl sites for hydroxylation is 2. The smallest absolute Gasteiger partial charge is 0.0562 e. The number of fused-ring (bicyclic) bond motifs is 2. The van der Waals surface area contributed by atoms with Gasteiger partial charge in [0.25, 0.3) is 0 Å². The Morgan fingerprint density at radius 2 is 1.95 bits per heavy atom. The molecule has 3 atom stereocenters. The van der Waals surface area contributed by atoms with E-state index in [4.69, 9.17) is 0 Å². The van der Waals surface area contributed by atoms with Gasteiger partial charge in [0.05, 0.1) is 10.8 Å². The van der Waals surface area contributed by atoms with Gasteiger partial charge in [-0.2, -0.15) is 0 Å². The Morgan fingerprint density at radius 1 is 1.21 bits per heavy atom. The summed E-state index contributed by atoms with van der Waals surface area (Å²) in [6.45, 7) is 2.13. The molecule has 1 saturated carbocycles. The summed E-state index contributed by atoms with van der Waals surface area (Å²) in [4.78, 5) is 1.12. The van der Waals surface area contributed by atoms with Gasteiger partial charge in [-0.1, -0.05) is 13.0 Å². The van der Waals surface area contributed by atoms with Crippen LogP contribution in [-0.4, -0.2) is 15.5 Å². The van der Waals surface area contributed by atoms with E-state index >= 15 is 0 Å². The van der Waals surface area contributed by atoms with Crippen LogP contribution in [0.15, 0.2) is 17.0 Å². The van der Waals surface area contributed by atoms with Gasteiger partial charge >= 0.3 is 0 Å². The molecule has 3 heteroatoms. The molecular formula is C16H21NOS. The Balaban J connectivity index is 1.78. The largest absolute Gasteiger partial charge is 0.307 e. The van der Waals surface area contributed by atoms with E-state index in [0.717, 1.165) is 11.3 Å². The van der Waals surface area contributed by atoms with E-state index in [1.165, 1.54) is 48.8 Å². The van der Waals surface area contributed by atoms with Crippen molar-refractivity contribution in [3.8, 4) is 0 Å². The second-order valence-corrected chi connectivity index (χ2v) is 8.19. The first kappa shape index (κ1) is 12.1. The number of hydrogen-bond donors (Lipinski definition) is 1. The summed E-state index contributed by atoms with van der Waals surface area (Å²) >= 11 is 0. The molecule has 0 bridgehead atoms. The van der Waals surface area contributed by atoms with Gasteiger partial charge in [-0.15, -0.1) is 0 Å². The summed E-state index contributed by atoms with van der Waals surface area (Å²) in [6, 6.07) is 5.76. The average Bonchev–Trinajstić information content (AvgIpc) is 3.09. The molecule has 1 aromatic carbocycles. The molecule has 2 nitrogen and oxygen atoms in total. The van der Waals surface area contributed by atoms with Gasteiger partial charge < -0.3 is 5.32 Å². The van der Waals surface area contributed by atoms with Crippen molar-refractivity contribution in [3.63, 3.8) is 0 Å². The Bertz CT molecular complexity index is 550. The summed E-state index contributed by atoms with van der Waals surface area (Å²) in [5.41, 5.74) is 4.29. The van der Waals surface area contributed by atoms with Gasteiger partial charge in [0.2, 0.25) is 0 Å². The van der Waals surface area contributed by atoms with Crippen LogP contribution in [0.2, 0.25) is 0 Å². The van der Waals surface area contributed by atoms with Crippen LogP contribution < -0.4 is 5.32 Å². The lowest BCUT2D eigenvalue weighted by molar-refractivity contribution is 0.474. The third-order valence-electron chi connectivity index (χ3n) is 4.76. The topological polar surface area (TPSA) is 29.1 Å². The molecule has 3 aliphatic rings. The van der Waals surface area contributed by atoms with E-state index in [-0.39, 0.29) is 5.25 Å². The van der Waals surface area contributed by atoms with Crippen molar-refractivity contribution in [2.45, 2.75) is 67.7 Å². The third kappa shape index (κ3) is 2.07. The maximum absolute atomic E-state index is 12.5. The highest BCUT2D eigenvalue weighted by molar-refractivity contribution is 7.85. The zero-order chi connectivity index (χ0) is 13.0. The van der Waals surface area contributed by atoms with E-state index in [1.807, 2.05) is 0 Å². The molecule has 3 unspecified atom stereocenters. The van der Waals surface area contributed by atoms with Crippen molar-refractivity contribution in [3.05, 3.63) is 28.8 Å². The van der Waals surface area contributed by atoms with Crippen molar-refractivity contribution in [2.24, 2.45) is 0 Å². The van der Waals surface area contributed by atoms with Gasteiger partial charge in [-0.25, -0.2) is 0 Å². The summed E-state index contributed by atoms with van der Waals surface area (Å²) in [6.07, 6.45) is 7.30. The molecular weight excluding hydrogens is 254 g/mol. The molecule has 4 rings (SSSR count). The fraction of sp³-hybridized carbons (Fsp3) is 0.625. The van der Waals surface area contributed by atoms with Crippen LogP contribution in [-0.2, 0) is 23.6 Å². The van der Waals surface area contributed by atoms with E-state index in [1.54, 1.807) is 0 Å². The molecule has 0 amide bonds.